The molecule has 1 nitrogen and oxygen atoms in total. The van der Waals surface area contributed by atoms with Crippen molar-refractivity contribution in [2.75, 3.05) is 0 Å². The summed E-state index contributed by atoms with van der Waals surface area (Å²) in [6.07, 6.45) is 5.23. The molecule has 2 aliphatic carbocycles. The van der Waals surface area contributed by atoms with Crippen molar-refractivity contribution in [2.45, 2.75) is 19.3 Å². The molecule has 0 radical (unpaired) electrons. The largest absolute Gasteiger partial charge is 0.295 e. The average Bonchev–Trinajstić information content (AvgIpc) is 2.23. The smallest absolute Gasteiger partial charge is 0.159 e. The van der Waals surface area contributed by atoms with Crippen LogP contribution in [-0.2, 0) is 4.79 Å². The molecule has 0 aromatic carbocycles. The van der Waals surface area contributed by atoms with E-state index in [9.17, 15) is 4.79 Å². The second-order valence-corrected chi connectivity index (χ2v) is 2.64. The van der Waals surface area contributed by atoms with E-state index in [1.165, 1.54) is 12.0 Å². The van der Waals surface area contributed by atoms with E-state index >= 15 is 0 Å². The van der Waals surface area contributed by atoms with Crippen LogP contribution in [0.15, 0.2) is 11.6 Å². The van der Waals surface area contributed by atoms with Crippen LogP contribution in [0.5, 0.6) is 0 Å². The van der Waals surface area contributed by atoms with Gasteiger partial charge in [-0.25, -0.2) is 0 Å². The van der Waals surface area contributed by atoms with Gasteiger partial charge in [0.05, 0.1) is 0 Å². The molecule has 2 rings (SSSR count). The van der Waals surface area contributed by atoms with Crippen molar-refractivity contribution < 1.29 is 4.79 Å². The van der Waals surface area contributed by atoms with Crippen LogP contribution in [-0.4, -0.2) is 5.78 Å². The molecule has 1 atom stereocenters. The van der Waals surface area contributed by atoms with E-state index in [0.717, 1.165) is 12.8 Å². The van der Waals surface area contributed by atoms with E-state index in [4.69, 9.17) is 0 Å². The van der Waals surface area contributed by atoms with Gasteiger partial charge in [0.15, 0.2) is 5.78 Å². The van der Waals surface area contributed by atoms with Crippen LogP contribution < -0.4 is 0 Å². The number of rotatable bonds is 0. The summed E-state index contributed by atoms with van der Waals surface area (Å²) < 4.78 is 0. The Morgan fingerprint density at radius 1 is 1.62 bits per heavy atom. The number of carbonyl (C=O) groups is 1. The normalized spacial score (nSPS) is 33.8. The van der Waals surface area contributed by atoms with Crippen molar-refractivity contribution in [3.05, 3.63) is 11.6 Å². The molecule has 0 aromatic heterocycles. The minimum Gasteiger partial charge on any atom is -0.295 e. The molecule has 1 fully saturated rings. The summed E-state index contributed by atoms with van der Waals surface area (Å²) in [6, 6.07) is 0. The van der Waals surface area contributed by atoms with Gasteiger partial charge in [-0.15, -0.1) is 0 Å². The van der Waals surface area contributed by atoms with Gasteiger partial charge < -0.3 is 0 Å². The van der Waals surface area contributed by atoms with E-state index in [2.05, 4.69) is 0 Å². The molecular weight excluding hydrogens is 100 g/mol. The molecule has 42 valence electrons. The van der Waals surface area contributed by atoms with Gasteiger partial charge in [0.25, 0.3) is 0 Å². The molecule has 0 aliphatic heterocycles. The maximum Gasteiger partial charge on any atom is 0.159 e. The van der Waals surface area contributed by atoms with Gasteiger partial charge >= 0.3 is 0 Å². The summed E-state index contributed by atoms with van der Waals surface area (Å²) in [5.74, 6) is 0.788. The lowest BCUT2D eigenvalue weighted by molar-refractivity contribution is -0.117. The molecule has 0 N–H and O–H groups in total. The fraction of sp³-hybridized carbons (Fsp3) is 0.571. The summed E-state index contributed by atoms with van der Waals surface area (Å²) in [6.45, 7) is 0. The first-order chi connectivity index (χ1) is 3.86. The summed E-state index contributed by atoms with van der Waals surface area (Å²) in [4.78, 5) is 10.8. The lowest BCUT2D eigenvalue weighted by Crippen LogP contribution is -2.03. The zero-order chi connectivity index (χ0) is 5.56. The molecule has 0 spiro atoms. The Bertz CT molecular complexity index is 167. The van der Waals surface area contributed by atoms with Crippen LogP contribution in [0.3, 0.4) is 0 Å². The van der Waals surface area contributed by atoms with Gasteiger partial charge in [0, 0.05) is 5.92 Å². The molecule has 1 saturated carbocycles. The molecule has 0 saturated heterocycles. The van der Waals surface area contributed by atoms with Crippen molar-refractivity contribution in [2.24, 2.45) is 5.92 Å². The van der Waals surface area contributed by atoms with E-state index in [-0.39, 0.29) is 0 Å². The zero-order valence-corrected chi connectivity index (χ0v) is 4.68. The first kappa shape index (κ1) is 4.30. The van der Waals surface area contributed by atoms with Crippen molar-refractivity contribution in [3.8, 4) is 0 Å². The second-order valence-electron chi connectivity index (χ2n) is 2.64. The number of carbonyl (C=O) groups excluding carboxylic acids is 1. The van der Waals surface area contributed by atoms with E-state index in [0.29, 0.717) is 11.7 Å². The fourth-order valence-electron chi connectivity index (χ4n) is 1.57. The van der Waals surface area contributed by atoms with Crippen LogP contribution >= 0.6 is 0 Å². The van der Waals surface area contributed by atoms with Gasteiger partial charge in [-0.2, -0.15) is 0 Å². The Labute approximate surface area is 48.4 Å². The van der Waals surface area contributed by atoms with Crippen LogP contribution in [0.25, 0.3) is 0 Å². The zero-order valence-electron chi connectivity index (χ0n) is 4.68. The summed E-state index contributed by atoms with van der Waals surface area (Å²) in [5, 5.41) is 0. The van der Waals surface area contributed by atoms with E-state index in [1.807, 2.05) is 6.08 Å². The van der Waals surface area contributed by atoms with Crippen molar-refractivity contribution in [1.82, 2.24) is 0 Å². The monoisotopic (exact) mass is 108 g/mol. The Morgan fingerprint density at radius 2 is 2.50 bits per heavy atom. The number of hydrogen-bond donors (Lipinski definition) is 0. The third-order valence-corrected chi connectivity index (χ3v) is 2.07. The van der Waals surface area contributed by atoms with Crippen molar-refractivity contribution >= 4 is 5.78 Å². The molecule has 2 bridgehead atoms. The molecule has 2 aliphatic rings. The Hall–Kier alpha value is -0.590. The quantitative estimate of drug-likeness (QED) is 0.457. The Kier molecular flexibility index (Phi) is 0.655. The van der Waals surface area contributed by atoms with Gasteiger partial charge in [0.2, 0.25) is 0 Å². The molecular formula is C7H8O. The topological polar surface area (TPSA) is 17.1 Å². The van der Waals surface area contributed by atoms with Crippen LogP contribution in [0.4, 0.5) is 0 Å². The highest BCUT2D eigenvalue weighted by Crippen LogP contribution is 2.36. The number of ketones is 1. The van der Waals surface area contributed by atoms with E-state index in [1.54, 1.807) is 0 Å². The molecule has 1 unspecified atom stereocenters. The first-order valence-corrected chi connectivity index (χ1v) is 3.09. The lowest BCUT2D eigenvalue weighted by Gasteiger charge is -1.98. The Balaban J connectivity index is 2.41. The molecule has 0 amide bonds. The first-order valence-electron chi connectivity index (χ1n) is 3.09. The molecule has 1 heteroatoms. The third-order valence-electron chi connectivity index (χ3n) is 2.07. The number of fused-ring (bicyclic) bond motifs is 2. The van der Waals surface area contributed by atoms with Crippen LogP contribution in [0, 0.1) is 5.92 Å². The predicted octanol–water partition coefficient (Wildman–Crippen LogP) is 1.30. The molecule has 0 heterocycles. The van der Waals surface area contributed by atoms with Gasteiger partial charge in [-0.05, 0) is 25.3 Å². The third kappa shape index (κ3) is 0.391. The van der Waals surface area contributed by atoms with Gasteiger partial charge in [-0.3, -0.25) is 4.79 Å². The molecule has 8 heavy (non-hydrogen) atoms. The number of hydrogen-bond acceptors (Lipinski definition) is 1. The fourth-order valence-corrected chi connectivity index (χ4v) is 1.57. The lowest BCUT2D eigenvalue weighted by atomic mass is 10.1. The van der Waals surface area contributed by atoms with Crippen LogP contribution in [0.1, 0.15) is 19.3 Å². The summed E-state index contributed by atoms with van der Waals surface area (Å²) in [5.41, 5.74) is 1.39. The van der Waals surface area contributed by atoms with Gasteiger partial charge in [-0.1, -0.05) is 5.57 Å². The predicted molar refractivity (Wildman–Crippen MR) is 30.4 cm³/mol. The minimum atomic E-state index is 0.381. The van der Waals surface area contributed by atoms with Crippen LogP contribution in [0.2, 0.25) is 0 Å². The maximum atomic E-state index is 10.8. The molecule has 0 aromatic rings. The SMILES string of the molecule is O=C1C=C2CCC1C2. The standard InChI is InChI=1S/C7H8O/c8-7-4-5-1-2-6(7)3-5/h4,6H,1-3H2. The summed E-state index contributed by atoms with van der Waals surface area (Å²) in [7, 11) is 0. The average molecular weight is 108 g/mol. The highest BCUT2D eigenvalue weighted by Gasteiger charge is 2.30. The highest BCUT2D eigenvalue weighted by atomic mass is 16.1. The highest BCUT2D eigenvalue weighted by molar-refractivity contribution is 5.96. The van der Waals surface area contributed by atoms with Crippen molar-refractivity contribution in [1.29, 1.82) is 0 Å². The Morgan fingerprint density at radius 3 is 2.75 bits per heavy atom. The second kappa shape index (κ2) is 1.22. The van der Waals surface area contributed by atoms with E-state index < -0.39 is 0 Å². The van der Waals surface area contributed by atoms with Gasteiger partial charge in [0.1, 0.15) is 0 Å². The number of allylic oxidation sites excluding steroid dienone is 2. The maximum absolute atomic E-state index is 10.8. The van der Waals surface area contributed by atoms with Crippen molar-refractivity contribution in [3.63, 3.8) is 0 Å². The summed E-state index contributed by atoms with van der Waals surface area (Å²) >= 11 is 0. The minimum absolute atomic E-state index is 0.381.